The third-order valence-electron chi connectivity index (χ3n) is 5.10. The van der Waals surface area contributed by atoms with Gasteiger partial charge in [-0.25, -0.2) is 4.79 Å². The van der Waals surface area contributed by atoms with Gasteiger partial charge in [-0.3, -0.25) is 5.32 Å². The molecule has 0 heterocycles. The van der Waals surface area contributed by atoms with E-state index in [1.807, 2.05) is 0 Å². The van der Waals surface area contributed by atoms with Crippen LogP contribution in [-0.4, -0.2) is 58.8 Å². The van der Waals surface area contributed by atoms with Crippen LogP contribution >= 0.6 is 0 Å². The summed E-state index contributed by atoms with van der Waals surface area (Å²) in [5.74, 6) is -1.31. The number of rotatable bonds is 10. The van der Waals surface area contributed by atoms with E-state index in [1.54, 1.807) is 7.11 Å². The summed E-state index contributed by atoms with van der Waals surface area (Å²) in [5, 5.41) is 17.4. The smallest absolute Gasteiger partial charge is 0.549 e. The summed E-state index contributed by atoms with van der Waals surface area (Å²) in [6.45, 7) is 8.56. The second-order valence-corrected chi connectivity index (χ2v) is 9.10. The van der Waals surface area contributed by atoms with Gasteiger partial charge in [0.25, 0.3) is 0 Å². The van der Waals surface area contributed by atoms with E-state index in [9.17, 15) is 14.7 Å². The number of hydrogen-bond acceptors (Lipinski definition) is 7. The van der Waals surface area contributed by atoms with Crippen molar-refractivity contribution in [1.29, 1.82) is 0 Å². The van der Waals surface area contributed by atoms with Crippen LogP contribution in [0.3, 0.4) is 0 Å². The molecule has 0 bridgehead atoms. The predicted molar refractivity (Wildman–Crippen MR) is 98.9 cm³/mol. The summed E-state index contributed by atoms with van der Waals surface area (Å²) < 4.78 is 15.1. The molecule has 1 amide bonds. The molecule has 2 N–H and O–H groups in total. The van der Waals surface area contributed by atoms with E-state index in [4.69, 9.17) is 14.2 Å². The van der Waals surface area contributed by atoms with Gasteiger partial charge in [-0.05, 0) is 37.0 Å². The second-order valence-electron chi connectivity index (χ2n) is 9.10. The van der Waals surface area contributed by atoms with Crippen molar-refractivity contribution in [2.45, 2.75) is 53.0 Å². The first-order chi connectivity index (χ1) is 12.5. The third kappa shape index (κ3) is 9.38. The first kappa shape index (κ1) is 28.3. The SMILES string of the molecule is COCNC1CC(C)(C)CC(C)(CNC(=O)OCC(C)(COC)C(=O)[O-])C1.[K+]. The first-order valence-corrected chi connectivity index (χ1v) is 9.29. The van der Waals surface area contributed by atoms with E-state index in [1.165, 1.54) is 14.0 Å². The van der Waals surface area contributed by atoms with Crippen molar-refractivity contribution in [2.24, 2.45) is 16.2 Å². The maximum Gasteiger partial charge on any atom is 1.00 e. The van der Waals surface area contributed by atoms with Crippen LogP contribution in [0, 0.1) is 16.2 Å². The average molecular weight is 427 g/mol. The molecule has 0 radical (unpaired) electrons. The van der Waals surface area contributed by atoms with Gasteiger partial charge in [-0.15, -0.1) is 0 Å². The monoisotopic (exact) mass is 426 g/mol. The van der Waals surface area contributed by atoms with Gasteiger partial charge >= 0.3 is 57.5 Å². The Morgan fingerprint density at radius 3 is 2.32 bits per heavy atom. The van der Waals surface area contributed by atoms with E-state index < -0.39 is 17.5 Å². The number of methoxy groups -OCH3 is 2. The molecular weight excluding hydrogens is 391 g/mol. The Morgan fingerprint density at radius 2 is 1.79 bits per heavy atom. The Morgan fingerprint density at radius 1 is 1.14 bits per heavy atom. The molecule has 9 heteroatoms. The van der Waals surface area contributed by atoms with Crippen molar-refractivity contribution in [2.75, 3.05) is 40.7 Å². The molecule has 1 rings (SSSR count). The van der Waals surface area contributed by atoms with Crippen LogP contribution in [0.4, 0.5) is 4.79 Å². The molecule has 1 aliphatic carbocycles. The quantitative estimate of drug-likeness (QED) is 0.304. The fourth-order valence-corrected chi connectivity index (χ4v) is 4.15. The van der Waals surface area contributed by atoms with Crippen molar-refractivity contribution in [1.82, 2.24) is 10.6 Å². The largest absolute Gasteiger partial charge is 1.00 e. The molecule has 0 spiro atoms. The molecular formula is C19H35KN2O6. The molecule has 158 valence electrons. The van der Waals surface area contributed by atoms with Crippen LogP contribution in [0.25, 0.3) is 0 Å². The van der Waals surface area contributed by atoms with Crippen LogP contribution in [0.5, 0.6) is 0 Å². The fraction of sp³-hybridized carbons (Fsp3) is 0.895. The summed E-state index contributed by atoms with van der Waals surface area (Å²) >= 11 is 0. The molecule has 0 saturated heterocycles. The number of aliphatic carboxylic acids is 1. The molecule has 0 aromatic carbocycles. The molecule has 28 heavy (non-hydrogen) atoms. The molecule has 0 aromatic heterocycles. The molecule has 1 aliphatic rings. The van der Waals surface area contributed by atoms with Crippen LogP contribution in [0.2, 0.25) is 0 Å². The topological polar surface area (TPSA) is 109 Å². The summed E-state index contributed by atoms with van der Waals surface area (Å²) in [6.07, 6.45) is 2.27. The van der Waals surface area contributed by atoms with Gasteiger partial charge < -0.3 is 29.4 Å². The van der Waals surface area contributed by atoms with Crippen molar-refractivity contribution in [3.63, 3.8) is 0 Å². The summed E-state index contributed by atoms with van der Waals surface area (Å²) in [5.41, 5.74) is -1.34. The zero-order valence-electron chi connectivity index (χ0n) is 18.5. The maximum atomic E-state index is 12.1. The summed E-state index contributed by atoms with van der Waals surface area (Å²) in [7, 11) is 3.04. The number of nitrogens with one attached hydrogen (secondary N) is 2. The standard InChI is InChI=1S/C19H36N2O6.K/c1-17(2)7-14(21-13-26-6)8-18(3,9-17)10-20-16(24)27-12-19(4,11-25-5)15(22)23;/h14,21H,7-13H2,1-6H3,(H,20,24)(H,22,23);/q;+1/p-1. The molecule has 1 saturated carbocycles. The number of carbonyl (C=O) groups is 2. The predicted octanol–water partition coefficient (Wildman–Crippen LogP) is -2.10. The van der Waals surface area contributed by atoms with E-state index in [2.05, 4.69) is 31.4 Å². The maximum absolute atomic E-state index is 12.1. The Bertz CT molecular complexity index is 519. The summed E-state index contributed by atoms with van der Waals surface area (Å²) in [4.78, 5) is 23.3. The van der Waals surface area contributed by atoms with Crippen LogP contribution < -0.4 is 67.1 Å². The molecule has 0 aliphatic heterocycles. The van der Waals surface area contributed by atoms with Crippen LogP contribution in [0.15, 0.2) is 0 Å². The minimum absolute atomic E-state index is 0. The zero-order valence-corrected chi connectivity index (χ0v) is 21.6. The molecule has 0 aromatic rings. The van der Waals surface area contributed by atoms with E-state index in [0.717, 1.165) is 19.3 Å². The Kier molecular flexibility index (Phi) is 12.3. The number of amides is 1. The number of carboxylic acid groups (broad SMARTS) is 1. The Hall–Kier alpha value is 0.256. The van der Waals surface area contributed by atoms with Crippen molar-refractivity contribution < 1.29 is 80.3 Å². The molecule has 3 unspecified atom stereocenters. The van der Waals surface area contributed by atoms with Gasteiger partial charge in [0.15, 0.2) is 0 Å². The third-order valence-corrected chi connectivity index (χ3v) is 5.10. The second kappa shape index (κ2) is 12.2. The van der Waals surface area contributed by atoms with Crippen LogP contribution in [0.1, 0.15) is 47.0 Å². The minimum Gasteiger partial charge on any atom is -0.549 e. The van der Waals surface area contributed by atoms with Gasteiger partial charge in [0.05, 0.1) is 24.7 Å². The van der Waals surface area contributed by atoms with E-state index in [-0.39, 0.29) is 75.4 Å². The average Bonchev–Trinajstić information content (AvgIpc) is 2.55. The van der Waals surface area contributed by atoms with Gasteiger partial charge in [0, 0.05) is 26.8 Å². The number of carbonyl (C=O) groups excluding carboxylic acids is 2. The van der Waals surface area contributed by atoms with Gasteiger partial charge in [0.2, 0.25) is 0 Å². The Balaban J connectivity index is 0.00000729. The number of alkyl carbamates (subject to hydrolysis) is 1. The number of carboxylic acids is 1. The molecule has 8 nitrogen and oxygen atoms in total. The molecule has 3 atom stereocenters. The first-order valence-electron chi connectivity index (χ1n) is 9.29. The van der Waals surface area contributed by atoms with Crippen LogP contribution in [-0.2, 0) is 19.0 Å². The van der Waals surface area contributed by atoms with E-state index >= 15 is 0 Å². The number of ether oxygens (including phenoxy) is 3. The van der Waals surface area contributed by atoms with Crippen molar-refractivity contribution >= 4 is 12.1 Å². The van der Waals surface area contributed by atoms with Gasteiger partial charge in [-0.2, -0.15) is 0 Å². The normalized spacial score (nSPS) is 25.9. The van der Waals surface area contributed by atoms with E-state index in [0.29, 0.717) is 19.3 Å². The number of hydrogen-bond donors (Lipinski definition) is 2. The van der Waals surface area contributed by atoms with Crippen molar-refractivity contribution in [3.8, 4) is 0 Å². The van der Waals surface area contributed by atoms with Gasteiger partial charge in [-0.1, -0.05) is 20.8 Å². The molecule has 1 fully saturated rings. The minimum atomic E-state index is -1.38. The fourth-order valence-electron chi connectivity index (χ4n) is 4.15. The van der Waals surface area contributed by atoms with Crippen molar-refractivity contribution in [3.05, 3.63) is 0 Å². The summed E-state index contributed by atoms with van der Waals surface area (Å²) in [6, 6.07) is 0.305. The zero-order chi connectivity index (χ0) is 20.7. The Labute approximate surface area is 211 Å². The van der Waals surface area contributed by atoms with Gasteiger partial charge in [0.1, 0.15) is 6.61 Å².